The molecule has 2 rings (SSSR count). The second-order valence-corrected chi connectivity index (χ2v) is 5.48. The van der Waals surface area contributed by atoms with Crippen molar-refractivity contribution in [2.45, 2.75) is 37.8 Å². The van der Waals surface area contributed by atoms with E-state index < -0.39 is 0 Å². The number of nitrogens with zero attached hydrogens (tertiary/aromatic N) is 3. The third-order valence-corrected chi connectivity index (χ3v) is 3.64. The minimum atomic E-state index is 0.198. The highest BCUT2D eigenvalue weighted by Crippen LogP contribution is 2.17. The van der Waals surface area contributed by atoms with E-state index in [0.29, 0.717) is 16.8 Å². The van der Waals surface area contributed by atoms with Gasteiger partial charge in [-0.3, -0.25) is 9.89 Å². The molecule has 0 bridgehead atoms. The van der Waals surface area contributed by atoms with Crippen molar-refractivity contribution < 1.29 is 4.79 Å². The number of thioether (sulfide) groups is 1. The summed E-state index contributed by atoms with van der Waals surface area (Å²) < 4.78 is 0. The van der Waals surface area contributed by atoms with Crippen molar-refractivity contribution in [3.05, 3.63) is 5.82 Å². The highest BCUT2D eigenvalue weighted by Gasteiger charge is 2.18. The van der Waals surface area contributed by atoms with Gasteiger partial charge in [-0.2, -0.15) is 0 Å². The zero-order chi connectivity index (χ0) is 12.3. The SMILES string of the molecule is CC(C)c1nc(SCC(=O)N2CCCC2)n[nH]1. The van der Waals surface area contributed by atoms with Gasteiger partial charge < -0.3 is 4.90 Å². The van der Waals surface area contributed by atoms with Crippen LogP contribution in [-0.4, -0.2) is 44.8 Å². The standard InChI is InChI=1S/C11H18N4OS/c1-8(2)10-12-11(14-13-10)17-7-9(16)15-5-3-4-6-15/h8H,3-7H2,1-2H3,(H,12,13,14). The van der Waals surface area contributed by atoms with Crippen LogP contribution in [0, 0.1) is 0 Å². The summed E-state index contributed by atoms with van der Waals surface area (Å²) in [7, 11) is 0. The zero-order valence-corrected chi connectivity index (χ0v) is 11.1. The predicted octanol–water partition coefficient (Wildman–Crippen LogP) is 1.64. The molecular weight excluding hydrogens is 236 g/mol. The number of H-pyrrole nitrogens is 1. The Hall–Kier alpha value is -1.04. The average molecular weight is 254 g/mol. The fourth-order valence-electron chi connectivity index (χ4n) is 1.76. The van der Waals surface area contributed by atoms with Crippen LogP contribution < -0.4 is 0 Å². The first-order chi connectivity index (χ1) is 8.16. The van der Waals surface area contributed by atoms with Crippen molar-refractivity contribution in [2.24, 2.45) is 0 Å². The molecule has 2 heterocycles. The Kier molecular flexibility index (Phi) is 4.04. The highest BCUT2D eigenvalue weighted by atomic mass is 32.2. The topological polar surface area (TPSA) is 61.9 Å². The number of likely N-dealkylation sites (tertiary alicyclic amines) is 1. The minimum absolute atomic E-state index is 0.198. The van der Waals surface area contributed by atoms with Crippen molar-refractivity contribution in [3.8, 4) is 0 Å². The summed E-state index contributed by atoms with van der Waals surface area (Å²) in [6.45, 7) is 5.93. The summed E-state index contributed by atoms with van der Waals surface area (Å²) in [5, 5.41) is 7.65. The molecule has 1 saturated heterocycles. The molecule has 0 spiro atoms. The molecule has 17 heavy (non-hydrogen) atoms. The van der Waals surface area contributed by atoms with Gasteiger partial charge in [0.15, 0.2) is 0 Å². The Morgan fingerprint density at radius 1 is 1.47 bits per heavy atom. The van der Waals surface area contributed by atoms with Crippen LogP contribution in [0.3, 0.4) is 0 Å². The summed E-state index contributed by atoms with van der Waals surface area (Å²) in [6, 6.07) is 0. The van der Waals surface area contributed by atoms with Crippen molar-refractivity contribution in [1.82, 2.24) is 20.1 Å². The van der Waals surface area contributed by atoms with Crippen LogP contribution >= 0.6 is 11.8 Å². The largest absolute Gasteiger partial charge is 0.342 e. The van der Waals surface area contributed by atoms with Crippen molar-refractivity contribution in [1.29, 1.82) is 0 Å². The summed E-state index contributed by atoms with van der Waals surface area (Å²) in [4.78, 5) is 18.1. The van der Waals surface area contributed by atoms with Gasteiger partial charge in [0.25, 0.3) is 0 Å². The normalized spacial score (nSPS) is 15.8. The van der Waals surface area contributed by atoms with E-state index in [9.17, 15) is 4.79 Å². The number of hydrogen-bond donors (Lipinski definition) is 1. The van der Waals surface area contributed by atoms with Crippen LogP contribution in [0.1, 0.15) is 38.4 Å². The molecule has 0 atom stereocenters. The maximum absolute atomic E-state index is 11.8. The van der Waals surface area contributed by atoms with Gasteiger partial charge in [0.05, 0.1) is 5.75 Å². The van der Waals surface area contributed by atoms with Crippen LogP contribution in [0.4, 0.5) is 0 Å². The summed E-state index contributed by atoms with van der Waals surface area (Å²) in [5.74, 6) is 1.85. The Labute approximate surface area is 105 Å². The van der Waals surface area contributed by atoms with E-state index in [0.717, 1.165) is 31.8 Å². The second-order valence-electron chi connectivity index (χ2n) is 4.53. The number of carbonyl (C=O) groups excluding carboxylic acids is 1. The lowest BCUT2D eigenvalue weighted by molar-refractivity contribution is -0.127. The van der Waals surface area contributed by atoms with Gasteiger partial charge in [-0.05, 0) is 12.8 Å². The van der Waals surface area contributed by atoms with E-state index in [1.165, 1.54) is 11.8 Å². The molecule has 1 aromatic rings. The molecule has 0 aromatic carbocycles. The van der Waals surface area contributed by atoms with Gasteiger partial charge in [-0.15, -0.1) is 5.10 Å². The first-order valence-electron chi connectivity index (χ1n) is 5.99. The van der Waals surface area contributed by atoms with Crippen molar-refractivity contribution in [3.63, 3.8) is 0 Å². The van der Waals surface area contributed by atoms with E-state index in [1.807, 2.05) is 4.90 Å². The third-order valence-electron chi connectivity index (χ3n) is 2.81. The Morgan fingerprint density at radius 3 is 2.76 bits per heavy atom. The van der Waals surface area contributed by atoms with Crippen LogP contribution in [0.15, 0.2) is 5.16 Å². The van der Waals surface area contributed by atoms with Crippen LogP contribution in [0.25, 0.3) is 0 Å². The molecule has 1 fully saturated rings. The van der Waals surface area contributed by atoms with Crippen LogP contribution in [-0.2, 0) is 4.79 Å². The van der Waals surface area contributed by atoms with E-state index in [2.05, 4.69) is 29.0 Å². The van der Waals surface area contributed by atoms with E-state index >= 15 is 0 Å². The van der Waals surface area contributed by atoms with Gasteiger partial charge in [-0.25, -0.2) is 4.98 Å². The molecule has 1 N–H and O–H groups in total. The molecule has 0 unspecified atom stereocenters. The van der Waals surface area contributed by atoms with Gasteiger partial charge in [0.1, 0.15) is 5.82 Å². The maximum atomic E-state index is 11.8. The Morgan fingerprint density at radius 2 is 2.18 bits per heavy atom. The molecular formula is C11H18N4OS. The lowest BCUT2D eigenvalue weighted by Gasteiger charge is -2.13. The lowest BCUT2D eigenvalue weighted by Crippen LogP contribution is -2.29. The molecule has 6 heteroatoms. The fourth-order valence-corrected chi connectivity index (χ4v) is 2.47. The molecule has 1 amide bonds. The lowest BCUT2D eigenvalue weighted by atomic mass is 10.2. The number of rotatable bonds is 4. The number of carbonyl (C=O) groups is 1. The molecule has 0 aliphatic carbocycles. The summed E-state index contributed by atoms with van der Waals surface area (Å²) >= 11 is 1.41. The molecule has 94 valence electrons. The zero-order valence-electron chi connectivity index (χ0n) is 10.3. The second kappa shape index (κ2) is 5.53. The summed E-state index contributed by atoms with van der Waals surface area (Å²) in [6.07, 6.45) is 2.27. The highest BCUT2D eigenvalue weighted by molar-refractivity contribution is 7.99. The first kappa shape index (κ1) is 12.4. The molecule has 1 aromatic heterocycles. The van der Waals surface area contributed by atoms with Crippen LogP contribution in [0.2, 0.25) is 0 Å². The number of aromatic nitrogens is 3. The minimum Gasteiger partial charge on any atom is -0.342 e. The number of amides is 1. The number of hydrogen-bond acceptors (Lipinski definition) is 4. The van der Waals surface area contributed by atoms with Gasteiger partial charge >= 0.3 is 0 Å². The van der Waals surface area contributed by atoms with E-state index in [4.69, 9.17) is 0 Å². The van der Waals surface area contributed by atoms with Gasteiger partial charge in [0, 0.05) is 19.0 Å². The fraction of sp³-hybridized carbons (Fsp3) is 0.727. The van der Waals surface area contributed by atoms with Crippen LogP contribution in [0.5, 0.6) is 0 Å². The number of aromatic amines is 1. The molecule has 0 saturated carbocycles. The maximum Gasteiger partial charge on any atom is 0.233 e. The third kappa shape index (κ3) is 3.21. The van der Waals surface area contributed by atoms with Crippen molar-refractivity contribution in [2.75, 3.05) is 18.8 Å². The van der Waals surface area contributed by atoms with Crippen molar-refractivity contribution >= 4 is 17.7 Å². The Balaban J connectivity index is 1.82. The quantitative estimate of drug-likeness (QED) is 0.830. The van der Waals surface area contributed by atoms with Gasteiger partial charge in [-0.1, -0.05) is 25.6 Å². The van der Waals surface area contributed by atoms with E-state index in [1.54, 1.807) is 0 Å². The smallest absolute Gasteiger partial charge is 0.233 e. The van der Waals surface area contributed by atoms with E-state index in [-0.39, 0.29) is 5.91 Å². The molecule has 0 radical (unpaired) electrons. The van der Waals surface area contributed by atoms with Gasteiger partial charge in [0.2, 0.25) is 11.1 Å². The number of nitrogens with one attached hydrogen (secondary N) is 1. The predicted molar refractivity (Wildman–Crippen MR) is 67.0 cm³/mol. The molecule has 1 aliphatic heterocycles. The first-order valence-corrected chi connectivity index (χ1v) is 6.98. The molecule has 5 nitrogen and oxygen atoms in total. The monoisotopic (exact) mass is 254 g/mol. The Bertz CT molecular complexity index is 385. The summed E-state index contributed by atoms with van der Waals surface area (Å²) in [5.41, 5.74) is 0. The average Bonchev–Trinajstić information content (AvgIpc) is 2.97. The molecule has 1 aliphatic rings.